The molecule has 7 nitrogen and oxygen atoms in total. The van der Waals surface area contributed by atoms with E-state index >= 15 is 0 Å². The minimum absolute atomic E-state index is 0.0727. The van der Waals surface area contributed by atoms with Crippen molar-refractivity contribution in [2.45, 2.75) is 46.1 Å². The summed E-state index contributed by atoms with van der Waals surface area (Å²) in [5, 5.41) is 7.55. The topological polar surface area (TPSA) is 87.7 Å². The zero-order valence-electron chi connectivity index (χ0n) is 18.0. The maximum Gasteiger partial charge on any atom is 0.407 e. The lowest BCUT2D eigenvalue weighted by Crippen LogP contribution is -2.45. The molecule has 0 aliphatic carbocycles. The summed E-state index contributed by atoms with van der Waals surface area (Å²) in [6.45, 7) is 8.47. The summed E-state index contributed by atoms with van der Waals surface area (Å²) < 4.78 is 5.19. The predicted molar refractivity (Wildman–Crippen MR) is 117 cm³/mol. The molecule has 0 bridgehead atoms. The van der Waals surface area contributed by atoms with Crippen LogP contribution in [0.1, 0.15) is 61.3 Å². The van der Waals surface area contributed by atoms with Crippen LogP contribution in [-0.2, 0) is 4.74 Å². The number of benzene rings is 2. The van der Waals surface area contributed by atoms with Crippen LogP contribution < -0.4 is 10.6 Å². The predicted octanol–water partition coefficient (Wildman–Crippen LogP) is 4.17. The van der Waals surface area contributed by atoms with Gasteiger partial charge < -0.3 is 15.4 Å². The Kier molecular flexibility index (Phi) is 6.29. The number of hydrogen-bond donors (Lipinski definition) is 2. The van der Waals surface area contributed by atoms with Crippen LogP contribution in [0, 0.1) is 0 Å². The molecule has 0 saturated carbocycles. The van der Waals surface area contributed by atoms with E-state index in [4.69, 9.17) is 4.74 Å². The van der Waals surface area contributed by atoms with Gasteiger partial charge in [-0.2, -0.15) is 0 Å². The summed E-state index contributed by atoms with van der Waals surface area (Å²) >= 11 is 0. The largest absolute Gasteiger partial charge is 0.444 e. The summed E-state index contributed by atoms with van der Waals surface area (Å²) in [6.07, 6.45) is 1.54. The van der Waals surface area contributed by atoms with E-state index < -0.39 is 11.7 Å². The fourth-order valence-corrected chi connectivity index (χ4v) is 3.49. The van der Waals surface area contributed by atoms with Gasteiger partial charge in [0, 0.05) is 47.2 Å². The van der Waals surface area contributed by atoms with E-state index in [1.165, 1.54) is 4.90 Å². The highest BCUT2D eigenvalue weighted by Gasteiger charge is 2.33. The minimum Gasteiger partial charge on any atom is -0.444 e. The third kappa shape index (κ3) is 4.56. The van der Waals surface area contributed by atoms with E-state index in [1.54, 1.807) is 32.9 Å². The molecule has 7 heteroatoms. The quantitative estimate of drug-likeness (QED) is 0.527. The molecule has 0 fully saturated rings. The molecule has 160 valence electrons. The van der Waals surface area contributed by atoms with E-state index in [-0.39, 0.29) is 24.9 Å². The lowest BCUT2D eigenvalue weighted by molar-refractivity contribution is 0.0496. The fourth-order valence-electron chi connectivity index (χ4n) is 3.49. The van der Waals surface area contributed by atoms with Crippen molar-refractivity contribution in [1.82, 2.24) is 10.2 Å². The molecule has 1 aliphatic heterocycles. The first-order valence-electron chi connectivity index (χ1n) is 10.4. The zero-order chi connectivity index (χ0) is 21.9. The van der Waals surface area contributed by atoms with E-state index in [1.807, 2.05) is 18.2 Å². The molecule has 0 atom stereocenters. The molecule has 2 N–H and O–H groups in total. The number of rotatable bonds is 7. The summed E-state index contributed by atoms with van der Waals surface area (Å²) in [6, 6.07) is 9.16. The van der Waals surface area contributed by atoms with Crippen LogP contribution in [0.2, 0.25) is 0 Å². The summed E-state index contributed by atoms with van der Waals surface area (Å²) in [5.74, 6) is -0.704. The second-order valence-corrected chi connectivity index (χ2v) is 8.36. The second kappa shape index (κ2) is 8.73. The first-order valence-corrected chi connectivity index (χ1v) is 10.4. The van der Waals surface area contributed by atoms with Crippen molar-refractivity contribution in [2.24, 2.45) is 0 Å². The molecule has 30 heavy (non-hydrogen) atoms. The van der Waals surface area contributed by atoms with Crippen molar-refractivity contribution >= 4 is 34.4 Å². The average molecular weight is 412 g/mol. The van der Waals surface area contributed by atoms with Crippen LogP contribution in [0.15, 0.2) is 30.3 Å². The molecule has 0 aromatic heterocycles. The standard InChI is InChI=1S/C23H29N3O4/c1-5-6-12-24-18-11-10-17-19-15(18)8-7-9-16(19)20(27)26(21(17)28)14-13-25-22(29)30-23(2,3)4/h7-11,24H,5-6,12-14H2,1-4H3,(H,25,29). The lowest BCUT2D eigenvalue weighted by Gasteiger charge is -2.28. The number of ether oxygens (including phenoxy) is 1. The third-order valence-corrected chi connectivity index (χ3v) is 4.84. The van der Waals surface area contributed by atoms with Crippen molar-refractivity contribution in [2.75, 3.05) is 25.0 Å². The molecule has 3 rings (SSSR count). The number of alkyl carbamates (subject to hydrolysis) is 1. The average Bonchev–Trinajstić information content (AvgIpc) is 2.68. The number of amides is 3. The Morgan fingerprint density at radius 2 is 1.73 bits per heavy atom. The number of carbonyl (C=O) groups excluding carboxylic acids is 3. The molecule has 0 radical (unpaired) electrons. The minimum atomic E-state index is -0.613. The van der Waals surface area contributed by atoms with Gasteiger partial charge in [-0.25, -0.2) is 4.79 Å². The summed E-state index contributed by atoms with van der Waals surface area (Å²) in [7, 11) is 0. The van der Waals surface area contributed by atoms with Gasteiger partial charge in [0.2, 0.25) is 0 Å². The molecule has 0 spiro atoms. The van der Waals surface area contributed by atoms with Crippen LogP contribution >= 0.6 is 0 Å². The van der Waals surface area contributed by atoms with Crippen LogP contribution in [-0.4, -0.2) is 48.0 Å². The van der Waals surface area contributed by atoms with Crippen molar-refractivity contribution < 1.29 is 19.1 Å². The number of unbranched alkanes of at least 4 members (excludes halogenated alkanes) is 1. The smallest absolute Gasteiger partial charge is 0.407 e. The Labute approximate surface area is 176 Å². The van der Waals surface area contributed by atoms with Gasteiger partial charge in [-0.1, -0.05) is 25.5 Å². The maximum atomic E-state index is 13.0. The highest BCUT2D eigenvalue weighted by molar-refractivity contribution is 6.26. The number of hydrogen-bond acceptors (Lipinski definition) is 5. The zero-order valence-corrected chi connectivity index (χ0v) is 18.0. The molecule has 0 saturated heterocycles. The number of anilines is 1. The molecule has 0 unspecified atom stereocenters. The van der Waals surface area contributed by atoms with Crippen molar-refractivity contribution in [3.05, 3.63) is 41.5 Å². The lowest BCUT2D eigenvalue weighted by atomic mass is 9.93. The summed E-state index contributed by atoms with van der Waals surface area (Å²) in [5.41, 5.74) is 1.31. The Morgan fingerprint density at radius 3 is 2.40 bits per heavy atom. The van der Waals surface area contributed by atoms with Crippen molar-refractivity contribution in [1.29, 1.82) is 0 Å². The Bertz CT molecular complexity index is 956. The molecular weight excluding hydrogens is 382 g/mol. The van der Waals surface area contributed by atoms with Crippen LogP contribution in [0.4, 0.5) is 10.5 Å². The van der Waals surface area contributed by atoms with Gasteiger partial charge in [0.25, 0.3) is 11.8 Å². The molecule has 1 heterocycles. The van der Waals surface area contributed by atoms with E-state index in [9.17, 15) is 14.4 Å². The fraction of sp³-hybridized carbons (Fsp3) is 0.435. The van der Waals surface area contributed by atoms with E-state index in [0.29, 0.717) is 16.5 Å². The van der Waals surface area contributed by atoms with Gasteiger partial charge in [-0.3, -0.25) is 14.5 Å². The van der Waals surface area contributed by atoms with Crippen LogP contribution in [0.3, 0.4) is 0 Å². The summed E-state index contributed by atoms with van der Waals surface area (Å²) in [4.78, 5) is 39.1. The number of carbonyl (C=O) groups is 3. The van der Waals surface area contributed by atoms with Gasteiger partial charge in [-0.05, 0) is 45.4 Å². The van der Waals surface area contributed by atoms with Crippen LogP contribution in [0.25, 0.3) is 10.8 Å². The number of nitrogens with one attached hydrogen (secondary N) is 2. The Balaban J connectivity index is 1.80. The monoisotopic (exact) mass is 411 g/mol. The normalized spacial score (nSPS) is 13.5. The van der Waals surface area contributed by atoms with Crippen molar-refractivity contribution in [3.8, 4) is 0 Å². The SMILES string of the molecule is CCCCNc1ccc2c3c(cccc13)C(=O)N(CCNC(=O)OC(C)(C)C)C2=O. The highest BCUT2D eigenvalue weighted by Crippen LogP contribution is 2.34. The molecule has 1 aliphatic rings. The van der Waals surface area contributed by atoms with E-state index in [0.717, 1.165) is 30.5 Å². The molecular formula is C23H29N3O4. The number of imide groups is 1. The van der Waals surface area contributed by atoms with Gasteiger partial charge >= 0.3 is 6.09 Å². The van der Waals surface area contributed by atoms with Gasteiger partial charge in [-0.15, -0.1) is 0 Å². The first-order chi connectivity index (χ1) is 14.2. The second-order valence-electron chi connectivity index (χ2n) is 8.36. The Hall–Kier alpha value is -3.09. The van der Waals surface area contributed by atoms with Gasteiger partial charge in [0.05, 0.1) is 0 Å². The van der Waals surface area contributed by atoms with E-state index in [2.05, 4.69) is 17.6 Å². The van der Waals surface area contributed by atoms with Gasteiger partial charge in [0.15, 0.2) is 0 Å². The van der Waals surface area contributed by atoms with Crippen LogP contribution in [0.5, 0.6) is 0 Å². The molecule has 3 amide bonds. The Morgan fingerprint density at radius 1 is 1.03 bits per heavy atom. The maximum absolute atomic E-state index is 13.0. The third-order valence-electron chi connectivity index (χ3n) is 4.84. The molecule has 2 aromatic carbocycles. The number of nitrogens with zero attached hydrogens (tertiary/aromatic N) is 1. The highest BCUT2D eigenvalue weighted by atomic mass is 16.6. The van der Waals surface area contributed by atoms with Crippen molar-refractivity contribution in [3.63, 3.8) is 0 Å². The first kappa shape index (κ1) is 21.6. The molecule has 2 aromatic rings. The van der Waals surface area contributed by atoms with Gasteiger partial charge in [0.1, 0.15) is 5.60 Å².